The lowest BCUT2D eigenvalue weighted by molar-refractivity contribution is -0.144. The average molecular weight is 687 g/mol. The molecule has 10 nitrogen and oxygen atoms in total. The van der Waals surface area contributed by atoms with Gasteiger partial charge in [0, 0.05) is 41.6 Å². The van der Waals surface area contributed by atoms with Crippen molar-refractivity contribution in [3.63, 3.8) is 0 Å². The lowest BCUT2D eigenvalue weighted by Gasteiger charge is -2.36. The van der Waals surface area contributed by atoms with Gasteiger partial charge in [-0.15, -0.1) is 0 Å². The summed E-state index contributed by atoms with van der Waals surface area (Å²) >= 11 is 5.86. The number of hydrogen-bond donors (Lipinski definition) is 1. The van der Waals surface area contributed by atoms with E-state index in [4.69, 9.17) is 26.1 Å². The van der Waals surface area contributed by atoms with Crippen LogP contribution in [0.15, 0.2) is 36.5 Å². The summed E-state index contributed by atoms with van der Waals surface area (Å²) in [7, 11) is 0. The van der Waals surface area contributed by atoms with E-state index in [0.29, 0.717) is 78.1 Å². The minimum Gasteiger partial charge on any atom is -0.472 e. The second kappa shape index (κ2) is 12.0. The fraction of sp³-hybridized carbons (Fsp3) is 0.406. The summed E-state index contributed by atoms with van der Waals surface area (Å²) in [6.07, 6.45) is -2.28. The van der Waals surface area contributed by atoms with Crippen molar-refractivity contribution in [2.24, 2.45) is 0 Å². The van der Waals surface area contributed by atoms with E-state index in [2.05, 4.69) is 20.1 Å². The van der Waals surface area contributed by atoms with E-state index in [1.54, 1.807) is 24.4 Å². The summed E-state index contributed by atoms with van der Waals surface area (Å²) < 4.78 is 83.0. The fourth-order valence-corrected chi connectivity index (χ4v) is 6.61. The number of nitrogens with zero attached hydrogens (tertiary/aromatic N) is 7. The molecule has 3 atom stereocenters. The number of aromatic amines is 1. The molecule has 1 N–H and O–H groups in total. The highest BCUT2D eigenvalue weighted by Crippen LogP contribution is 2.40. The number of imidazole rings is 1. The maximum absolute atomic E-state index is 15.9. The Labute approximate surface area is 275 Å². The van der Waals surface area contributed by atoms with Crippen LogP contribution in [0.3, 0.4) is 0 Å². The Hall–Kier alpha value is -4.21. The number of H-pyrrole nitrogens is 1. The van der Waals surface area contributed by atoms with Crippen LogP contribution < -0.4 is 4.74 Å². The van der Waals surface area contributed by atoms with Gasteiger partial charge in [-0.25, -0.2) is 23.7 Å². The normalized spacial score (nSPS) is 20.9. The summed E-state index contributed by atoms with van der Waals surface area (Å²) in [5.74, 6) is -1.22. The number of likely N-dealkylation sites (tertiary alicyclic amines) is 1. The number of hydrogen-bond acceptors (Lipinski definition) is 8. The van der Waals surface area contributed by atoms with Gasteiger partial charge in [0.05, 0.1) is 42.1 Å². The summed E-state index contributed by atoms with van der Waals surface area (Å²) in [6.45, 7) is 2.26. The van der Waals surface area contributed by atoms with E-state index in [1.165, 1.54) is 6.07 Å². The minimum absolute atomic E-state index is 0.00607. The second-order valence-corrected chi connectivity index (χ2v) is 12.8. The van der Waals surface area contributed by atoms with Crippen LogP contribution in [-0.2, 0) is 37.0 Å². The number of benzene rings is 1. The predicted octanol–water partition coefficient (Wildman–Crippen LogP) is 6.02. The van der Waals surface area contributed by atoms with Crippen LogP contribution in [0.5, 0.6) is 5.88 Å². The van der Waals surface area contributed by atoms with Gasteiger partial charge in [0.15, 0.2) is 5.82 Å². The molecule has 5 aromatic rings. The Morgan fingerprint density at radius 1 is 1.08 bits per heavy atom. The average Bonchev–Trinajstić information content (AvgIpc) is 3.63. The zero-order valence-corrected chi connectivity index (χ0v) is 26.0. The Morgan fingerprint density at radius 2 is 1.92 bits per heavy atom. The van der Waals surface area contributed by atoms with Crippen LogP contribution in [-0.4, -0.2) is 71.6 Å². The molecule has 1 aliphatic carbocycles. The van der Waals surface area contributed by atoms with E-state index in [-0.39, 0.29) is 30.8 Å². The smallest absolute Gasteiger partial charge is 0.451 e. The van der Waals surface area contributed by atoms with Crippen molar-refractivity contribution in [2.75, 3.05) is 19.7 Å². The quantitative estimate of drug-likeness (QED) is 0.184. The number of piperidine rings is 1. The van der Waals surface area contributed by atoms with Crippen LogP contribution in [0.4, 0.5) is 22.0 Å². The molecule has 16 heteroatoms. The second-order valence-electron chi connectivity index (χ2n) is 12.3. The van der Waals surface area contributed by atoms with Gasteiger partial charge >= 0.3 is 6.18 Å². The summed E-state index contributed by atoms with van der Waals surface area (Å²) in [5, 5.41) is 5.89. The van der Waals surface area contributed by atoms with Crippen LogP contribution >= 0.6 is 11.6 Å². The highest BCUT2D eigenvalue weighted by atomic mass is 35.5. The molecule has 0 amide bonds. The Balaban J connectivity index is 0.987. The van der Waals surface area contributed by atoms with Crippen molar-refractivity contribution in [2.45, 2.75) is 63.3 Å². The molecule has 3 aliphatic heterocycles. The third-order valence-corrected chi connectivity index (χ3v) is 9.39. The highest BCUT2D eigenvalue weighted by molar-refractivity contribution is 6.30. The third-order valence-electron chi connectivity index (χ3n) is 9.15. The molecule has 7 heterocycles. The van der Waals surface area contributed by atoms with Gasteiger partial charge in [0.1, 0.15) is 30.1 Å². The van der Waals surface area contributed by atoms with E-state index in [9.17, 15) is 17.6 Å². The molecule has 2 fully saturated rings. The Bertz CT molecular complexity index is 2010. The Kier molecular flexibility index (Phi) is 7.79. The first kappa shape index (κ1) is 31.1. The third kappa shape index (κ3) is 5.87. The van der Waals surface area contributed by atoms with Crippen LogP contribution in [0.2, 0.25) is 5.02 Å². The maximum atomic E-state index is 15.9. The number of halogens is 6. The molecule has 0 radical (unpaired) electrons. The zero-order valence-electron chi connectivity index (χ0n) is 25.3. The zero-order chi connectivity index (χ0) is 33.2. The number of fused-ring (bicyclic) bond motifs is 3. The monoisotopic (exact) mass is 686 g/mol. The first-order chi connectivity index (χ1) is 23.1. The Morgan fingerprint density at radius 3 is 2.62 bits per heavy atom. The SMILES string of the molecule is Fc1cc(Cl)ccc1COc1nc(C2CCN(Cc3nc4cc(-c5n[nH]c(C(F)(F)F)n5)ncc4n3C[C@@H]3CCO3)CC2F)c2cc1C2. The van der Waals surface area contributed by atoms with Crippen molar-refractivity contribution >= 4 is 22.6 Å². The van der Waals surface area contributed by atoms with Gasteiger partial charge in [-0.1, -0.05) is 17.7 Å². The van der Waals surface area contributed by atoms with Gasteiger partial charge < -0.3 is 14.0 Å². The van der Waals surface area contributed by atoms with E-state index in [1.807, 2.05) is 20.6 Å². The highest BCUT2D eigenvalue weighted by Gasteiger charge is 2.37. The summed E-state index contributed by atoms with van der Waals surface area (Å²) in [5.41, 5.74) is 4.28. The molecular formula is C32H28ClF5N8O2. The first-order valence-corrected chi connectivity index (χ1v) is 15.9. The van der Waals surface area contributed by atoms with Gasteiger partial charge in [0.25, 0.3) is 0 Å². The molecule has 0 spiro atoms. The predicted molar refractivity (Wildman–Crippen MR) is 163 cm³/mol. The van der Waals surface area contributed by atoms with Crippen LogP contribution in [0.1, 0.15) is 52.8 Å². The largest absolute Gasteiger partial charge is 0.472 e. The van der Waals surface area contributed by atoms with Crippen molar-refractivity contribution < 1.29 is 31.4 Å². The topological polar surface area (TPSA) is 107 Å². The fourth-order valence-electron chi connectivity index (χ4n) is 6.45. The van der Waals surface area contributed by atoms with Crippen LogP contribution in [0, 0.1) is 5.82 Å². The molecule has 4 aromatic heterocycles. The van der Waals surface area contributed by atoms with E-state index < -0.39 is 29.9 Å². The molecule has 2 saturated heterocycles. The van der Waals surface area contributed by atoms with E-state index in [0.717, 1.165) is 17.5 Å². The number of ether oxygens (including phenoxy) is 2. The van der Waals surface area contributed by atoms with Gasteiger partial charge in [0.2, 0.25) is 11.7 Å². The van der Waals surface area contributed by atoms with Crippen LogP contribution in [0.25, 0.3) is 22.6 Å². The summed E-state index contributed by atoms with van der Waals surface area (Å²) in [4.78, 5) is 19.4. The molecule has 2 bridgehead atoms. The molecule has 2 unspecified atom stereocenters. The molecule has 250 valence electrons. The molecule has 1 aromatic carbocycles. The van der Waals surface area contributed by atoms with Crippen molar-refractivity contribution in [1.82, 2.24) is 39.6 Å². The van der Waals surface area contributed by atoms with Gasteiger partial charge in [-0.2, -0.15) is 18.3 Å². The molecule has 48 heavy (non-hydrogen) atoms. The standard InChI is InChI=1S/C32H28ClF5N8O2/c33-19-2-1-16(22(34)9-19)15-48-30-18-7-17(8-18)28(41-30)21-3-5-45(13-23(21)35)14-27-40-24-10-25(29-42-31(44-43-29)32(36,37)38)39-11-26(24)46(27)12-20-4-6-47-20/h1-2,7,9-11,20-21,23H,3-6,8,12-15H2,(H,42,43,44)/t20-,21?,23?/m0/s1. The number of alkyl halides is 4. The number of aromatic nitrogens is 7. The first-order valence-electron chi connectivity index (χ1n) is 15.5. The lowest BCUT2D eigenvalue weighted by Crippen LogP contribution is -2.42. The lowest BCUT2D eigenvalue weighted by atomic mass is 9.83. The molecule has 4 aliphatic rings. The molecule has 0 saturated carbocycles. The van der Waals surface area contributed by atoms with Crippen molar-refractivity contribution in [1.29, 1.82) is 0 Å². The molecular weight excluding hydrogens is 659 g/mol. The summed E-state index contributed by atoms with van der Waals surface area (Å²) in [6, 6.07) is 7.91. The molecule has 9 rings (SSSR count). The number of pyridine rings is 2. The van der Waals surface area contributed by atoms with E-state index >= 15 is 4.39 Å². The maximum Gasteiger partial charge on any atom is 0.451 e. The van der Waals surface area contributed by atoms with Crippen molar-refractivity contribution in [3.05, 3.63) is 81.4 Å². The van der Waals surface area contributed by atoms with Gasteiger partial charge in [-0.05, 0) is 49.2 Å². The van der Waals surface area contributed by atoms with Crippen molar-refractivity contribution in [3.8, 4) is 17.4 Å². The minimum atomic E-state index is -4.67. The van der Waals surface area contributed by atoms with Gasteiger partial charge in [-0.3, -0.25) is 15.0 Å². The number of rotatable bonds is 9. The number of nitrogens with one attached hydrogen (secondary N) is 1.